The zero-order valence-electron chi connectivity index (χ0n) is 13.5. The predicted octanol–water partition coefficient (Wildman–Crippen LogP) is 2.90. The van der Waals surface area contributed by atoms with Crippen LogP contribution in [0.2, 0.25) is 0 Å². The van der Waals surface area contributed by atoms with Crippen LogP contribution in [0.4, 0.5) is 0 Å². The molecule has 1 aliphatic carbocycles. The Morgan fingerprint density at radius 2 is 1.89 bits per heavy atom. The third kappa shape index (κ3) is 6.73. The molecule has 0 aliphatic heterocycles. The second-order valence-corrected chi connectivity index (χ2v) is 6.39. The fourth-order valence-corrected chi connectivity index (χ4v) is 3.12. The van der Waals surface area contributed by atoms with E-state index in [0.29, 0.717) is 6.04 Å². The van der Waals surface area contributed by atoms with Gasteiger partial charge in [0.25, 0.3) is 0 Å². The smallest absolute Gasteiger partial charge is 0.0628 e. The van der Waals surface area contributed by atoms with Crippen LogP contribution in [0.25, 0.3) is 0 Å². The van der Waals surface area contributed by atoms with Crippen molar-refractivity contribution in [3.63, 3.8) is 0 Å². The minimum Gasteiger partial charge on any atom is -0.383 e. The van der Waals surface area contributed by atoms with Crippen LogP contribution in [0.5, 0.6) is 0 Å². The molecular formula is C16H34N2O. The Morgan fingerprint density at radius 1 is 1.21 bits per heavy atom. The maximum atomic E-state index is 5.38. The molecule has 1 saturated carbocycles. The first-order valence-corrected chi connectivity index (χ1v) is 8.13. The number of hydrogen-bond donors (Lipinski definition) is 1. The number of methoxy groups -OCH3 is 1. The van der Waals surface area contributed by atoms with Crippen molar-refractivity contribution in [2.45, 2.75) is 65.0 Å². The summed E-state index contributed by atoms with van der Waals surface area (Å²) in [4.78, 5) is 2.71. The molecule has 1 rings (SSSR count). The van der Waals surface area contributed by atoms with E-state index in [2.05, 4.69) is 31.0 Å². The highest BCUT2D eigenvalue weighted by Crippen LogP contribution is 2.24. The van der Waals surface area contributed by atoms with Crippen LogP contribution in [-0.2, 0) is 4.74 Å². The standard InChI is InChI=1S/C16H34N2O/c1-5-10-17-15(13-19-4)12-18(11-14(2)3)16-8-6-7-9-16/h14-17H,5-13H2,1-4H3. The highest BCUT2D eigenvalue weighted by Gasteiger charge is 2.25. The molecule has 114 valence electrons. The van der Waals surface area contributed by atoms with Gasteiger partial charge >= 0.3 is 0 Å². The van der Waals surface area contributed by atoms with Crippen LogP contribution in [0.1, 0.15) is 52.9 Å². The maximum absolute atomic E-state index is 5.38. The molecule has 1 aliphatic rings. The van der Waals surface area contributed by atoms with E-state index in [1.807, 2.05) is 7.11 Å². The lowest BCUT2D eigenvalue weighted by molar-refractivity contribution is 0.110. The Balaban J connectivity index is 2.50. The zero-order chi connectivity index (χ0) is 14.1. The second-order valence-electron chi connectivity index (χ2n) is 6.39. The lowest BCUT2D eigenvalue weighted by Gasteiger charge is -2.34. The number of hydrogen-bond acceptors (Lipinski definition) is 3. The summed E-state index contributed by atoms with van der Waals surface area (Å²) in [5.74, 6) is 0.745. The monoisotopic (exact) mass is 270 g/mol. The predicted molar refractivity (Wildman–Crippen MR) is 82.6 cm³/mol. The summed E-state index contributed by atoms with van der Waals surface area (Å²) in [5, 5.41) is 3.63. The first-order chi connectivity index (χ1) is 9.17. The summed E-state index contributed by atoms with van der Waals surface area (Å²) in [5.41, 5.74) is 0. The van der Waals surface area contributed by atoms with Gasteiger partial charge in [-0.3, -0.25) is 4.90 Å². The molecule has 0 bridgehead atoms. The summed E-state index contributed by atoms with van der Waals surface area (Å²) in [7, 11) is 1.81. The normalized spacial score (nSPS) is 18.6. The molecule has 0 amide bonds. The molecule has 1 unspecified atom stereocenters. The van der Waals surface area contributed by atoms with E-state index in [4.69, 9.17) is 4.74 Å². The van der Waals surface area contributed by atoms with E-state index in [9.17, 15) is 0 Å². The van der Waals surface area contributed by atoms with E-state index in [0.717, 1.165) is 31.7 Å². The van der Waals surface area contributed by atoms with Crippen molar-refractivity contribution in [2.75, 3.05) is 33.4 Å². The molecular weight excluding hydrogens is 236 g/mol. The Labute approximate surface area is 120 Å². The average Bonchev–Trinajstić information content (AvgIpc) is 2.88. The molecule has 0 aromatic heterocycles. The average molecular weight is 270 g/mol. The molecule has 1 N–H and O–H groups in total. The fourth-order valence-electron chi connectivity index (χ4n) is 3.12. The van der Waals surface area contributed by atoms with E-state index in [1.165, 1.54) is 38.6 Å². The van der Waals surface area contributed by atoms with Gasteiger partial charge in [0, 0.05) is 32.3 Å². The highest BCUT2D eigenvalue weighted by atomic mass is 16.5. The van der Waals surface area contributed by atoms with Gasteiger partial charge < -0.3 is 10.1 Å². The quantitative estimate of drug-likeness (QED) is 0.660. The van der Waals surface area contributed by atoms with Crippen LogP contribution in [0.3, 0.4) is 0 Å². The zero-order valence-corrected chi connectivity index (χ0v) is 13.5. The first kappa shape index (κ1) is 16.9. The lowest BCUT2D eigenvalue weighted by Crippen LogP contribution is -2.48. The van der Waals surface area contributed by atoms with Gasteiger partial charge in [-0.25, -0.2) is 0 Å². The maximum Gasteiger partial charge on any atom is 0.0628 e. The number of rotatable bonds is 10. The van der Waals surface area contributed by atoms with Gasteiger partial charge in [-0.2, -0.15) is 0 Å². The van der Waals surface area contributed by atoms with Crippen LogP contribution >= 0.6 is 0 Å². The van der Waals surface area contributed by atoms with Crippen molar-refractivity contribution < 1.29 is 4.74 Å². The van der Waals surface area contributed by atoms with Crippen LogP contribution in [0, 0.1) is 5.92 Å². The summed E-state index contributed by atoms with van der Waals surface area (Å²) in [6.07, 6.45) is 6.79. The number of ether oxygens (including phenoxy) is 1. The van der Waals surface area contributed by atoms with E-state index in [1.54, 1.807) is 0 Å². The van der Waals surface area contributed by atoms with Gasteiger partial charge in [0.1, 0.15) is 0 Å². The largest absolute Gasteiger partial charge is 0.383 e. The van der Waals surface area contributed by atoms with Gasteiger partial charge in [0.2, 0.25) is 0 Å². The molecule has 3 nitrogen and oxygen atoms in total. The Bertz CT molecular complexity index is 215. The third-order valence-electron chi connectivity index (χ3n) is 3.95. The van der Waals surface area contributed by atoms with Gasteiger partial charge in [0.15, 0.2) is 0 Å². The van der Waals surface area contributed by atoms with Crippen LogP contribution in [-0.4, -0.2) is 50.3 Å². The van der Waals surface area contributed by atoms with Crippen molar-refractivity contribution in [1.82, 2.24) is 10.2 Å². The van der Waals surface area contributed by atoms with Crippen LogP contribution in [0.15, 0.2) is 0 Å². The van der Waals surface area contributed by atoms with Gasteiger partial charge in [-0.1, -0.05) is 33.6 Å². The van der Waals surface area contributed by atoms with E-state index >= 15 is 0 Å². The molecule has 0 spiro atoms. The minimum absolute atomic E-state index is 0.476. The SMILES string of the molecule is CCCNC(COC)CN(CC(C)C)C1CCCC1. The topological polar surface area (TPSA) is 24.5 Å². The van der Waals surface area contributed by atoms with Crippen molar-refractivity contribution in [1.29, 1.82) is 0 Å². The fraction of sp³-hybridized carbons (Fsp3) is 1.00. The summed E-state index contributed by atoms with van der Waals surface area (Å²) in [6.45, 7) is 11.1. The van der Waals surface area contributed by atoms with Crippen molar-refractivity contribution in [3.05, 3.63) is 0 Å². The van der Waals surface area contributed by atoms with Gasteiger partial charge in [-0.15, -0.1) is 0 Å². The molecule has 1 atom stereocenters. The van der Waals surface area contributed by atoms with Gasteiger partial charge in [0.05, 0.1) is 6.61 Å². The van der Waals surface area contributed by atoms with E-state index < -0.39 is 0 Å². The number of nitrogens with one attached hydrogen (secondary N) is 1. The molecule has 1 fully saturated rings. The Kier molecular flexibility index (Phi) is 8.67. The second kappa shape index (κ2) is 9.73. The number of nitrogens with zero attached hydrogens (tertiary/aromatic N) is 1. The summed E-state index contributed by atoms with van der Waals surface area (Å²) < 4.78 is 5.38. The molecule has 0 aromatic carbocycles. The van der Waals surface area contributed by atoms with Crippen molar-refractivity contribution in [2.24, 2.45) is 5.92 Å². The van der Waals surface area contributed by atoms with Crippen LogP contribution < -0.4 is 5.32 Å². The van der Waals surface area contributed by atoms with Crippen molar-refractivity contribution in [3.8, 4) is 0 Å². The summed E-state index contributed by atoms with van der Waals surface area (Å²) >= 11 is 0. The molecule has 3 heteroatoms. The van der Waals surface area contributed by atoms with Crippen molar-refractivity contribution >= 4 is 0 Å². The lowest BCUT2D eigenvalue weighted by atomic mass is 10.1. The molecule has 19 heavy (non-hydrogen) atoms. The Morgan fingerprint density at radius 3 is 2.42 bits per heavy atom. The van der Waals surface area contributed by atoms with E-state index in [-0.39, 0.29) is 0 Å². The summed E-state index contributed by atoms with van der Waals surface area (Å²) in [6, 6.07) is 1.29. The molecule has 0 saturated heterocycles. The third-order valence-corrected chi connectivity index (χ3v) is 3.95. The molecule has 0 aromatic rings. The highest BCUT2D eigenvalue weighted by molar-refractivity contribution is 4.82. The Hall–Kier alpha value is -0.120. The molecule has 0 radical (unpaired) electrons. The first-order valence-electron chi connectivity index (χ1n) is 8.13. The minimum atomic E-state index is 0.476. The molecule has 0 heterocycles. The van der Waals surface area contributed by atoms with Gasteiger partial charge in [-0.05, 0) is 31.7 Å².